The molecule has 0 N–H and O–H groups in total. The van der Waals surface area contributed by atoms with E-state index in [2.05, 4.69) is 9.88 Å². The van der Waals surface area contributed by atoms with Crippen LogP contribution in [0, 0.1) is 5.82 Å². The van der Waals surface area contributed by atoms with Gasteiger partial charge in [-0.15, -0.1) is 0 Å². The van der Waals surface area contributed by atoms with E-state index in [9.17, 15) is 9.18 Å². The van der Waals surface area contributed by atoms with Crippen LogP contribution in [0.5, 0.6) is 11.5 Å². The fraction of sp³-hybridized carbons (Fsp3) is 0.241. The van der Waals surface area contributed by atoms with E-state index in [4.69, 9.17) is 13.9 Å². The fourth-order valence-corrected chi connectivity index (χ4v) is 4.21. The molecular formula is C29H28FN3O4. The van der Waals surface area contributed by atoms with Gasteiger partial charge in [-0.3, -0.25) is 9.69 Å². The van der Waals surface area contributed by atoms with Crippen molar-refractivity contribution in [1.82, 2.24) is 14.8 Å². The highest BCUT2D eigenvalue weighted by molar-refractivity contribution is 5.92. The van der Waals surface area contributed by atoms with Gasteiger partial charge in [0, 0.05) is 26.2 Å². The summed E-state index contributed by atoms with van der Waals surface area (Å²) in [6, 6.07) is 23.9. The number of morpholine rings is 1. The number of halogens is 1. The molecule has 1 amide bonds. The minimum absolute atomic E-state index is 0.158. The Labute approximate surface area is 215 Å². The Kier molecular flexibility index (Phi) is 7.88. The molecule has 8 heteroatoms. The molecule has 0 saturated carbocycles. The number of hydrogen-bond acceptors (Lipinski definition) is 6. The van der Waals surface area contributed by atoms with Crippen LogP contribution in [0.4, 0.5) is 4.39 Å². The van der Waals surface area contributed by atoms with Crippen molar-refractivity contribution in [2.75, 3.05) is 26.3 Å². The molecule has 5 rings (SSSR count). The van der Waals surface area contributed by atoms with Crippen molar-refractivity contribution in [3.8, 4) is 11.5 Å². The van der Waals surface area contributed by atoms with Crippen molar-refractivity contribution in [1.29, 1.82) is 0 Å². The molecular weight excluding hydrogens is 473 g/mol. The third-order valence-corrected chi connectivity index (χ3v) is 6.03. The van der Waals surface area contributed by atoms with Crippen molar-refractivity contribution in [3.05, 3.63) is 114 Å². The summed E-state index contributed by atoms with van der Waals surface area (Å²) in [5, 5.41) is 0. The quantitative estimate of drug-likeness (QED) is 0.311. The number of nitrogens with zero attached hydrogens (tertiary/aromatic N) is 3. The Morgan fingerprint density at radius 1 is 0.892 bits per heavy atom. The normalized spacial score (nSPS) is 13.6. The highest BCUT2D eigenvalue weighted by atomic mass is 19.1. The minimum Gasteiger partial charge on any atom is -0.457 e. The molecule has 1 fully saturated rings. The number of amides is 1. The summed E-state index contributed by atoms with van der Waals surface area (Å²) in [5.74, 6) is 1.50. The van der Waals surface area contributed by atoms with Crippen LogP contribution in [-0.2, 0) is 24.4 Å². The zero-order chi connectivity index (χ0) is 25.5. The number of rotatable bonds is 9. The van der Waals surface area contributed by atoms with Gasteiger partial charge in [0.05, 0.1) is 19.8 Å². The molecule has 0 radical (unpaired) electrons. The summed E-state index contributed by atoms with van der Waals surface area (Å²) in [4.78, 5) is 21.1. The van der Waals surface area contributed by atoms with E-state index < -0.39 is 0 Å². The van der Waals surface area contributed by atoms with Crippen molar-refractivity contribution in [2.45, 2.75) is 19.6 Å². The number of benzene rings is 3. The van der Waals surface area contributed by atoms with Gasteiger partial charge in [0.25, 0.3) is 5.91 Å². The second kappa shape index (κ2) is 11.8. The van der Waals surface area contributed by atoms with Crippen molar-refractivity contribution in [3.63, 3.8) is 0 Å². The molecule has 37 heavy (non-hydrogen) atoms. The molecule has 2 heterocycles. The van der Waals surface area contributed by atoms with Crippen LogP contribution in [0.1, 0.15) is 27.5 Å². The van der Waals surface area contributed by atoms with E-state index >= 15 is 0 Å². The topological polar surface area (TPSA) is 68.0 Å². The summed E-state index contributed by atoms with van der Waals surface area (Å²) in [6.45, 7) is 3.61. The molecule has 7 nitrogen and oxygen atoms in total. The number of aromatic nitrogens is 1. The predicted molar refractivity (Wildman–Crippen MR) is 136 cm³/mol. The number of oxazole rings is 1. The highest BCUT2D eigenvalue weighted by Gasteiger charge is 2.22. The van der Waals surface area contributed by atoms with Crippen molar-refractivity contribution < 1.29 is 23.1 Å². The number of carbonyl (C=O) groups is 1. The van der Waals surface area contributed by atoms with Crippen LogP contribution in [0.2, 0.25) is 0 Å². The van der Waals surface area contributed by atoms with Crippen molar-refractivity contribution >= 4 is 5.91 Å². The van der Waals surface area contributed by atoms with Gasteiger partial charge in [-0.2, -0.15) is 0 Å². The van der Waals surface area contributed by atoms with Crippen LogP contribution in [0.15, 0.2) is 89.5 Å². The second-order valence-electron chi connectivity index (χ2n) is 8.87. The lowest BCUT2D eigenvalue weighted by molar-refractivity contribution is 0.0299. The number of carbonyl (C=O) groups excluding carboxylic acids is 1. The van der Waals surface area contributed by atoms with Gasteiger partial charge in [-0.05, 0) is 47.5 Å². The predicted octanol–water partition coefficient (Wildman–Crippen LogP) is 5.28. The largest absolute Gasteiger partial charge is 0.457 e. The maximum atomic E-state index is 13.5. The van der Waals surface area contributed by atoms with Crippen LogP contribution >= 0.6 is 0 Å². The van der Waals surface area contributed by atoms with E-state index in [0.29, 0.717) is 51.8 Å². The summed E-state index contributed by atoms with van der Waals surface area (Å²) in [7, 11) is 0. The average Bonchev–Trinajstić information content (AvgIpc) is 3.39. The lowest BCUT2D eigenvalue weighted by Gasteiger charge is -2.25. The molecule has 1 aromatic heterocycles. The van der Waals surface area contributed by atoms with Crippen LogP contribution in [0.25, 0.3) is 0 Å². The van der Waals surface area contributed by atoms with Gasteiger partial charge < -0.3 is 18.8 Å². The fourth-order valence-electron chi connectivity index (χ4n) is 4.21. The smallest absolute Gasteiger partial charge is 0.275 e. The van der Waals surface area contributed by atoms with Gasteiger partial charge in [0.2, 0.25) is 5.89 Å². The average molecular weight is 502 g/mol. The standard InChI is InChI=1S/C29H28FN3O4/c30-24-11-9-22(10-12-24)18-32(19-23-5-4-8-26(17-23)37-25-6-2-1-3-7-25)20-28-31-27(21-36-28)29(34)33-13-15-35-16-14-33/h1-12,17,21H,13-16,18-20H2. The summed E-state index contributed by atoms with van der Waals surface area (Å²) < 4.78 is 30.5. The first-order chi connectivity index (χ1) is 18.1. The van der Waals surface area contributed by atoms with Gasteiger partial charge in [0.15, 0.2) is 5.69 Å². The molecule has 0 aliphatic carbocycles. The van der Waals surface area contributed by atoms with Gasteiger partial charge >= 0.3 is 0 Å². The zero-order valence-corrected chi connectivity index (χ0v) is 20.4. The van der Waals surface area contributed by atoms with E-state index in [1.165, 1.54) is 18.4 Å². The Morgan fingerprint density at radius 2 is 1.62 bits per heavy atom. The molecule has 1 aliphatic rings. The SMILES string of the molecule is O=C(c1coc(CN(Cc2ccc(F)cc2)Cc2cccc(Oc3ccccc3)c2)n1)N1CCOCC1. The molecule has 0 bridgehead atoms. The highest BCUT2D eigenvalue weighted by Crippen LogP contribution is 2.23. The first-order valence-electron chi connectivity index (χ1n) is 12.2. The van der Waals surface area contributed by atoms with Gasteiger partial charge in [-0.1, -0.05) is 42.5 Å². The zero-order valence-electron chi connectivity index (χ0n) is 20.4. The van der Waals surface area contributed by atoms with E-state index in [-0.39, 0.29) is 17.4 Å². The maximum absolute atomic E-state index is 13.5. The molecule has 0 atom stereocenters. The Balaban J connectivity index is 1.32. The number of ether oxygens (including phenoxy) is 2. The molecule has 190 valence electrons. The monoisotopic (exact) mass is 501 g/mol. The number of hydrogen-bond donors (Lipinski definition) is 0. The lowest BCUT2D eigenvalue weighted by atomic mass is 10.1. The van der Waals surface area contributed by atoms with Gasteiger partial charge in [-0.25, -0.2) is 9.37 Å². The Hall–Kier alpha value is -4.01. The lowest BCUT2D eigenvalue weighted by Crippen LogP contribution is -2.40. The molecule has 3 aromatic carbocycles. The van der Waals surface area contributed by atoms with Crippen LogP contribution in [0.3, 0.4) is 0 Å². The third kappa shape index (κ3) is 6.81. The minimum atomic E-state index is -0.278. The van der Waals surface area contributed by atoms with Crippen molar-refractivity contribution in [2.24, 2.45) is 0 Å². The van der Waals surface area contributed by atoms with E-state index in [1.807, 2.05) is 54.6 Å². The summed E-state index contributed by atoms with van der Waals surface area (Å²) in [5.41, 5.74) is 2.28. The number of para-hydroxylation sites is 1. The molecule has 4 aromatic rings. The maximum Gasteiger partial charge on any atom is 0.275 e. The molecule has 0 unspecified atom stereocenters. The Bertz CT molecular complexity index is 1300. The third-order valence-electron chi connectivity index (χ3n) is 6.03. The molecule has 0 spiro atoms. The summed E-state index contributed by atoms with van der Waals surface area (Å²) >= 11 is 0. The summed E-state index contributed by atoms with van der Waals surface area (Å²) in [6.07, 6.45) is 1.41. The van der Waals surface area contributed by atoms with E-state index in [0.717, 1.165) is 22.6 Å². The Morgan fingerprint density at radius 3 is 2.41 bits per heavy atom. The van der Waals surface area contributed by atoms with Crippen LogP contribution < -0.4 is 4.74 Å². The van der Waals surface area contributed by atoms with Crippen LogP contribution in [-0.4, -0.2) is 47.0 Å². The second-order valence-corrected chi connectivity index (χ2v) is 8.87. The first kappa shape index (κ1) is 24.7. The molecule has 1 saturated heterocycles. The molecule has 1 aliphatic heterocycles. The van der Waals surface area contributed by atoms with Gasteiger partial charge in [0.1, 0.15) is 23.6 Å². The van der Waals surface area contributed by atoms with E-state index in [1.54, 1.807) is 17.0 Å². The first-order valence-corrected chi connectivity index (χ1v) is 12.2.